The van der Waals surface area contributed by atoms with Gasteiger partial charge >= 0.3 is 0 Å². The SMILES string of the molecule is Nc1nccc(Oc2ccc(NC(=O)C3(C(=O)Nc4ccc(F)cc4)CC3)cc2F)c1/C=N/OCCN1CCCC1. The lowest BCUT2D eigenvalue weighted by atomic mass is 10.0. The molecule has 2 aliphatic rings. The Balaban J connectivity index is 1.20. The normalized spacial score (nSPS) is 16.0. The number of benzene rings is 2. The Morgan fingerprint density at radius 2 is 1.68 bits per heavy atom. The van der Waals surface area contributed by atoms with E-state index >= 15 is 4.39 Å². The van der Waals surface area contributed by atoms with E-state index < -0.39 is 28.9 Å². The van der Waals surface area contributed by atoms with Crippen molar-refractivity contribution in [2.75, 3.05) is 42.6 Å². The minimum atomic E-state index is -1.28. The van der Waals surface area contributed by atoms with E-state index in [2.05, 4.69) is 25.7 Å². The number of anilines is 3. The number of nitrogens with two attached hydrogens (primary N) is 1. The van der Waals surface area contributed by atoms with E-state index in [1.165, 1.54) is 67.7 Å². The van der Waals surface area contributed by atoms with E-state index in [-0.39, 0.29) is 23.0 Å². The summed E-state index contributed by atoms with van der Waals surface area (Å²) in [5, 5.41) is 9.21. The topological polar surface area (TPSA) is 131 Å². The summed E-state index contributed by atoms with van der Waals surface area (Å²) in [6.45, 7) is 3.31. The highest BCUT2D eigenvalue weighted by molar-refractivity contribution is 6.16. The maximum atomic E-state index is 15.0. The Labute approximate surface area is 235 Å². The molecule has 1 saturated heterocycles. The fraction of sp³-hybridized carbons (Fsp3) is 0.310. The maximum Gasteiger partial charge on any atom is 0.240 e. The Bertz CT molecular complexity index is 1440. The number of carbonyl (C=O) groups is 2. The molecule has 10 nitrogen and oxygen atoms in total. The van der Waals surface area contributed by atoms with Crippen molar-refractivity contribution in [3.63, 3.8) is 0 Å². The molecule has 12 heteroatoms. The average molecular weight is 565 g/mol. The lowest BCUT2D eigenvalue weighted by molar-refractivity contribution is -0.131. The summed E-state index contributed by atoms with van der Waals surface area (Å²) in [6, 6.07) is 10.7. The fourth-order valence-corrected chi connectivity index (χ4v) is 4.51. The van der Waals surface area contributed by atoms with E-state index in [0.29, 0.717) is 30.7 Å². The van der Waals surface area contributed by atoms with E-state index in [4.69, 9.17) is 15.3 Å². The highest BCUT2D eigenvalue weighted by Crippen LogP contribution is 2.47. The molecule has 2 amide bonds. The van der Waals surface area contributed by atoms with Crippen LogP contribution in [0.3, 0.4) is 0 Å². The smallest absolute Gasteiger partial charge is 0.240 e. The van der Waals surface area contributed by atoms with Crippen LogP contribution in [0.5, 0.6) is 11.5 Å². The van der Waals surface area contributed by atoms with Crippen molar-refractivity contribution in [1.82, 2.24) is 9.88 Å². The number of nitrogens with one attached hydrogen (secondary N) is 2. The number of hydrogen-bond donors (Lipinski definition) is 3. The number of nitrogen functional groups attached to an aromatic ring is 1. The minimum absolute atomic E-state index is 0.117. The Hall–Kier alpha value is -4.58. The summed E-state index contributed by atoms with van der Waals surface area (Å²) in [5.41, 5.74) is 5.57. The average Bonchev–Trinajstić information content (AvgIpc) is 3.62. The molecule has 1 aliphatic heterocycles. The molecule has 2 fully saturated rings. The van der Waals surface area contributed by atoms with Crippen LogP contribution in [0.1, 0.15) is 31.2 Å². The van der Waals surface area contributed by atoms with Gasteiger partial charge in [0, 0.05) is 30.2 Å². The molecule has 5 rings (SSSR count). The lowest BCUT2D eigenvalue weighted by Gasteiger charge is -2.16. The number of halogens is 2. The zero-order chi connectivity index (χ0) is 28.8. The van der Waals surface area contributed by atoms with Gasteiger partial charge in [-0.25, -0.2) is 13.8 Å². The number of nitrogens with zero attached hydrogens (tertiary/aromatic N) is 3. The van der Waals surface area contributed by atoms with Crippen molar-refractivity contribution < 1.29 is 27.9 Å². The molecule has 0 bridgehead atoms. The molecule has 41 heavy (non-hydrogen) atoms. The minimum Gasteiger partial charge on any atom is -0.453 e. The molecule has 214 valence electrons. The van der Waals surface area contributed by atoms with Gasteiger partial charge in [-0.15, -0.1) is 0 Å². The number of carbonyl (C=O) groups excluding carboxylic acids is 2. The van der Waals surface area contributed by atoms with Crippen molar-refractivity contribution in [3.8, 4) is 11.5 Å². The van der Waals surface area contributed by atoms with Crippen molar-refractivity contribution in [3.05, 3.63) is 71.9 Å². The zero-order valence-electron chi connectivity index (χ0n) is 22.2. The van der Waals surface area contributed by atoms with Gasteiger partial charge in [-0.3, -0.25) is 14.5 Å². The van der Waals surface area contributed by atoms with Crippen molar-refractivity contribution in [2.24, 2.45) is 10.6 Å². The molecule has 2 heterocycles. The molecule has 4 N–H and O–H groups in total. The van der Waals surface area contributed by atoms with Gasteiger partial charge in [-0.2, -0.15) is 0 Å². The molecule has 0 unspecified atom stereocenters. The van der Waals surface area contributed by atoms with E-state index in [0.717, 1.165) is 25.7 Å². The van der Waals surface area contributed by atoms with Crippen LogP contribution < -0.4 is 21.1 Å². The van der Waals surface area contributed by atoms with E-state index in [1.807, 2.05) is 0 Å². The summed E-state index contributed by atoms with van der Waals surface area (Å²) < 4.78 is 33.9. The van der Waals surface area contributed by atoms with Gasteiger partial charge in [0.1, 0.15) is 29.4 Å². The van der Waals surface area contributed by atoms with Crippen LogP contribution in [0.25, 0.3) is 0 Å². The molecule has 0 radical (unpaired) electrons. The second kappa shape index (κ2) is 12.3. The molecule has 1 aromatic heterocycles. The van der Waals surface area contributed by atoms with Gasteiger partial charge in [0.25, 0.3) is 0 Å². The Morgan fingerprint density at radius 3 is 2.37 bits per heavy atom. The number of oxime groups is 1. The molecular weight excluding hydrogens is 534 g/mol. The Kier molecular flexibility index (Phi) is 8.39. The predicted molar refractivity (Wildman–Crippen MR) is 150 cm³/mol. The number of aromatic nitrogens is 1. The maximum absolute atomic E-state index is 15.0. The van der Waals surface area contributed by atoms with Gasteiger partial charge in [0.05, 0.1) is 11.8 Å². The second-order valence-electron chi connectivity index (χ2n) is 9.97. The highest BCUT2D eigenvalue weighted by atomic mass is 19.1. The lowest BCUT2D eigenvalue weighted by Crippen LogP contribution is -2.35. The van der Waals surface area contributed by atoms with Crippen LogP contribution in [-0.4, -0.2) is 54.2 Å². The van der Waals surface area contributed by atoms with Crippen molar-refractivity contribution in [1.29, 1.82) is 0 Å². The third kappa shape index (κ3) is 6.77. The number of rotatable bonds is 11. The fourth-order valence-electron chi connectivity index (χ4n) is 4.51. The third-order valence-corrected chi connectivity index (χ3v) is 7.07. The van der Waals surface area contributed by atoms with Gasteiger partial charge in [-0.1, -0.05) is 5.16 Å². The quantitative estimate of drug-likeness (QED) is 0.135. The standard InChI is InChI=1S/C29H30F2N6O4/c30-19-3-5-20(6-4-19)35-27(38)29(10-11-29)28(39)36-21-7-8-25(23(31)17-21)41-24-9-12-33-26(32)22(24)18-34-40-16-15-37-13-1-2-14-37/h3-9,12,17-18H,1-2,10-11,13-16H2,(H2,32,33)(H,35,38)(H,36,39)/b34-18+. The molecule has 0 spiro atoms. The van der Waals surface area contributed by atoms with Crippen LogP contribution in [0.4, 0.5) is 26.0 Å². The molecule has 1 saturated carbocycles. The first-order valence-electron chi connectivity index (χ1n) is 13.3. The zero-order valence-corrected chi connectivity index (χ0v) is 22.2. The number of likely N-dealkylation sites (tertiary alicyclic amines) is 1. The molecule has 3 aromatic rings. The first kappa shape index (κ1) is 28.0. The van der Waals surface area contributed by atoms with Crippen LogP contribution in [-0.2, 0) is 14.4 Å². The molecule has 1 aliphatic carbocycles. The Morgan fingerprint density at radius 1 is 1.00 bits per heavy atom. The molecular formula is C29H30F2N6O4. The summed E-state index contributed by atoms with van der Waals surface area (Å²) in [5.74, 6) is -2.02. The largest absolute Gasteiger partial charge is 0.453 e. The summed E-state index contributed by atoms with van der Waals surface area (Å²) >= 11 is 0. The van der Waals surface area contributed by atoms with Crippen LogP contribution >= 0.6 is 0 Å². The van der Waals surface area contributed by atoms with Crippen molar-refractivity contribution in [2.45, 2.75) is 25.7 Å². The van der Waals surface area contributed by atoms with Crippen LogP contribution in [0, 0.1) is 17.0 Å². The van der Waals surface area contributed by atoms with Gasteiger partial charge in [-0.05, 0) is 81.2 Å². The third-order valence-electron chi connectivity index (χ3n) is 7.07. The first-order chi connectivity index (χ1) is 19.8. The molecule has 2 aromatic carbocycles. The van der Waals surface area contributed by atoms with Crippen molar-refractivity contribution >= 4 is 35.2 Å². The van der Waals surface area contributed by atoms with Gasteiger partial charge in [0.2, 0.25) is 11.8 Å². The summed E-state index contributed by atoms with van der Waals surface area (Å²) in [7, 11) is 0. The first-order valence-corrected chi connectivity index (χ1v) is 13.3. The summed E-state index contributed by atoms with van der Waals surface area (Å²) in [6.07, 6.45) is 5.86. The predicted octanol–water partition coefficient (Wildman–Crippen LogP) is 4.54. The number of ether oxygens (including phenoxy) is 1. The monoisotopic (exact) mass is 564 g/mol. The highest BCUT2D eigenvalue weighted by Gasteiger charge is 2.56. The molecule has 0 atom stereocenters. The number of hydrogen-bond acceptors (Lipinski definition) is 8. The van der Waals surface area contributed by atoms with Gasteiger partial charge in [0.15, 0.2) is 11.6 Å². The van der Waals surface area contributed by atoms with E-state index in [9.17, 15) is 14.0 Å². The van der Waals surface area contributed by atoms with E-state index in [1.54, 1.807) is 0 Å². The number of pyridine rings is 1. The summed E-state index contributed by atoms with van der Waals surface area (Å²) in [4.78, 5) is 37.4. The van der Waals surface area contributed by atoms with Crippen LogP contribution in [0.2, 0.25) is 0 Å². The van der Waals surface area contributed by atoms with Gasteiger partial charge < -0.3 is 25.9 Å². The number of amides is 2. The van der Waals surface area contributed by atoms with Crippen LogP contribution in [0.15, 0.2) is 59.9 Å². The second-order valence-corrected chi connectivity index (χ2v) is 9.97.